The molecule has 0 saturated carbocycles. The molecule has 0 aliphatic carbocycles. The number of hydrogen-bond donors (Lipinski definition) is 1. The van der Waals surface area contributed by atoms with Gasteiger partial charge in [0.15, 0.2) is 0 Å². The van der Waals surface area contributed by atoms with E-state index < -0.39 is 0 Å². The van der Waals surface area contributed by atoms with Crippen LogP contribution in [0, 0.1) is 18.6 Å². The third kappa shape index (κ3) is 5.51. The van der Waals surface area contributed by atoms with Gasteiger partial charge in [0, 0.05) is 50.3 Å². The molecule has 1 aliphatic rings. The predicted octanol–water partition coefficient (Wildman–Crippen LogP) is 3.63. The number of aromatic nitrogens is 2. The van der Waals surface area contributed by atoms with Crippen molar-refractivity contribution in [1.29, 1.82) is 0 Å². The molecule has 33 heavy (non-hydrogen) atoms. The number of aryl methyl sites for hydroxylation is 2. The lowest BCUT2D eigenvalue weighted by atomic mass is 10.1. The second-order valence-electron chi connectivity index (χ2n) is 7.78. The van der Waals surface area contributed by atoms with Crippen LogP contribution in [-0.2, 0) is 11.2 Å². The molecular weight excluding hydrogens is 432 g/mol. The molecule has 0 unspecified atom stereocenters. The van der Waals surface area contributed by atoms with Crippen molar-refractivity contribution in [3.8, 4) is 11.4 Å². The van der Waals surface area contributed by atoms with Crippen molar-refractivity contribution < 1.29 is 22.9 Å². The average molecular weight is 455 g/mol. The summed E-state index contributed by atoms with van der Waals surface area (Å²) >= 11 is 0. The van der Waals surface area contributed by atoms with Gasteiger partial charge in [0.05, 0.1) is 0 Å². The minimum atomic E-state index is -0.374. The minimum Gasteiger partial charge on any atom is -0.339 e. The van der Waals surface area contributed by atoms with Gasteiger partial charge in [-0.3, -0.25) is 4.79 Å². The molecule has 0 atom stereocenters. The number of piperazine rings is 1. The van der Waals surface area contributed by atoms with E-state index in [1.165, 1.54) is 30.3 Å². The molecule has 3 amide bonds. The van der Waals surface area contributed by atoms with Gasteiger partial charge in [-0.1, -0.05) is 17.3 Å². The van der Waals surface area contributed by atoms with E-state index in [1.54, 1.807) is 28.9 Å². The van der Waals surface area contributed by atoms with Crippen molar-refractivity contribution in [2.75, 3.05) is 31.5 Å². The summed E-state index contributed by atoms with van der Waals surface area (Å²) in [7, 11) is 0. The molecule has 0 spiro atoms. The van der Waals surface area contributed by atoms with Crippen LogP contribution in [0.3, 0.4) is 0 Å². The Hall–Kier alpha value is -3.82. The first kappa shape index (κ1) is 22.4. The summed E-state index contributed by atoms with van der Waals surface area (Å²) < 4.78 is 31.9. The molecule has 2 heterocycles. The zero-order valence-electron chi connectivity index (χ0n) is 18.1. The lowest BCUT2D eigenvalue weighted by molar-refractivity contribution is -0.132. The van der Waals surface area contributed by atoms with Crippen LogP contribution in [0.15, 0.2) is 47.0 Å². The second kappa shape index (κ2) is 9.76. The summed E-state index contributed by atoms with van der Waals surface area (Å²) in [6.45, 7) is 3.27. The third-order valence-corrected chi connectivity index (χ3v) is 5.47. The smallest absolute Gasteiger partial charge is 0.321 e. The van der Waals surface area contributed by atoms with Gasteiger partial charge in [-0.05, 0) is 42.8 Å². The summed E-state index contributed by atoms with van der Waals surface area (Å²) in [6, 6.07) is 9.94. The molecule has 1 fully saturated rings. The van der Waals surface area contributed by atoms with Gasteiger partial charge in [-0.25, -0.2) is 13.6 Å². The Morgan fingerprint density at radius 3 is 2.42 bits per heavy atom. The highest BCUT2D eigenvalue weighted by molar-refractivity contribution is 5.89. The zero-order chi connectivity index (χ0) is 23.4. The van der Waals surface area contributed by atoms with Crippen LogP contribution >= 0.6 is 0 Å². The van der Waals surface area contributed by atoms with Crippen molar-refractivity contribution in [1.82, 2.24) is 19.9 Å². The number of carbonyl (C=O) groups excluding carboxylic acids is 2. The number of carbonyl (C=O) groups is 2. The number of rotatable bonds is 5. The lowest BCUT2D eigenvalue weighted by Crippen LogP contribution is -2.51. The summed E-state index contributed by atoms with van der Waals surface area (Å²) in [5.74, 6) is -0.219. The van der Waals surface area contributed by atoms with Gasteiger partial charge in [-0.2, -0.15) is 4.98 Å². The number of halogens is 2. The molecular formula is C23H23F2N5O3. The molecule has 2 aromatic carbocycles. The fraction of sp³-hybridized carbons (Fsp3) is 0.304. The Labute approximate surface area is 189 Å². The van der Waals surface area contributed by atoms with E-state index in [4.69, 9.17) is 4.52 Å². The van der Waals surface area contributed by atoms with Crippen molar-refractivity contribution in [2.45, 2.75) is 19.8 Å². The Bertz CT molecular complexity index is 1140. The van der Waals surface area contributed by atoms with Gasteiger partial charge in [0.2, 0.25) is 17.6 Å². The topological polar surface area (TPSA) is 91.6 Å². The fourth-order valence-corrected chi connectivity index (χ4v) is 3.47. The van der Waals surface area contributed by atoms with Crippen LogP contribution in [0.25, 0.3) is 11.4 Å². The molecule has 8 nitrogen and oxygen atoms in total. The number of hydrogen-bond acceptors (Lipinski definition) is 5. The fourth-order valence-electron chi connectivity index (χ4n) is 3.47. The average Bonchev–Trinajstić information content (AvgIpc) is 3.30. The maximum absolute atomic E-state index is 13.8. The highest BCUT2D eigenvalue weighted by Crippen LogP contribution is 2.19. The van der Waals surface area contributed by atoms with E-state index in [0.29, 0.717) is 48.9 Å². The summed E-state index contributed by atoms with van der Waals surface area (Å²) in [5, 5.41) is 6.58. The maximum Gasteiger partial charge on any atom is 0.321 e. The number of amides is 3. The van der Waals surface area contributed by atoms with Crippen molar-refractivity contribution >= 4 is 17.6 Å². The number of anilines is 1. The van der Waals surface area contributed by atoms with Crippen LogP contribution in [-0.4, -0.2) is 58.1 Å². The van der Waals surface area contributed by atoms with E-state index in [-0.39, 0.29) is 42.2 Å². The Morgan fingerprint density at radius 2 is 1.73 bits per heavy atom. The maximum atomic E-state index is 13.8. The second-order valence-corrected chi connectivity index (χ2v) is 7.78. The van der Waals surface area contributed by atoms with Crippen LogP contribution in [0.2, 0.25) is 0 Å². The molecule has 0 radical (unpaired) electrons. The van der Waals surface area contributed by atoms with Crippen LogP contribution in [0.1, 0.15) is 17.9 Å². The first-order chi connectivity index (χ1) is 15.9. The Balaban J connectivity index is 1.24. The SMILES string of the molecule is Cc1ccc(-c2noc(CCC(=O)N3CCN(C(=O)Nc4ccc(F)cc4)CC3)n2)cc1F. The molecule has 1 aromatic heterocycles. The number of nitrogens with zero attached hydrogens (tertiary/aromatic N) is 4. The third-order valence-electron chi connectivity index (χ3n) is 5.47. The van der Waals surface area contributed by atoms with Crippen molar-refractivity contribution in [3.05, 3.63) is 65.6 Å². The van der Waals surface area contributed by atoms with E-state index in [2.05, 4.69) is 15.5 Å². The summed E-state index contributed by atoms with van der Waals surface area (Å²) in [5.41, 5.74) is 1.54. The van der Waals surface area contributed by atoms with E-state index in [0.717, 1.165) is 0 Å². The first-order valence-corrected chi connectivity index (χ1v) is 10.6. The molecule has 172 valence electrons. The molecule has 1 N–H and O–H groups in total. The normalized spacial score (nSPS) is 13.8. The summed E-state index contributed by atoms with van der Waals surface area (Å²) in [6.07, 6.45) is 0.455. The highest BCUT2D eigenvalue weighted by atomic mass is 19.1. The predicted molar refractivity (Wildman–Crippen MR) is 116 cm³/mol. The Morgan fingerprint density at radius 1 is 1.03 bits per heavy atom. The molecule has 3 aromatic rings. The molecule has 0 bridgehead atoms. The molecule has 1 saturated heterocycles. The standard InChI is InChI=1S/C23H23F2N5O3/c1-15-2-3-16(14-19(15)25)22-27-20(33-28-22)8-9-21(31)29-10-12-30(13-11-29)23(32)26-18-6-4-17(24)5-7-18/h2-7,14H,8-13H2,1H3,(H,26,32). The number of nitrogens with one attached hydrogen (secondary N) is 1. The molecule has 1 aliphatic heterocycles. The van der Waals surface area contributed by atoms with Crippen molar-refractivity contribution in [3.63, 3.8) is 0 Å². The highest BCUT2D eigenvalue weighted by Gasteiger charge is 2.24. The van der Waals surface area contributed by atoms with E-state index in [9.17, 15) is 18.4 Å². The largest absolute Gasteiger partial charge is 0.339 e. The Kier molecular flexibility index (Phi) is 6.62. The first-order valence-electron chi connectivity index (χ1n) is 10.6. The van der Waals surface area contributed by atoms with Crippen LogP contribution in [0.4, 0.5) is 19.3 Å². The summed E-state index contributed by atoms with van der Waals surface area (Å²) in [4.78, 5) is 32.5. The number of urea groups is 1. The van der Waals surface area contributed by atoms with Gasteiger partial charge in [0.1, 0.15) is 11.6 Å². The van der Waals surface area contributed by atoms with Gasteiger partial charge in [-0.15, -0.1) is 0 Å². The zero-order valence-corrected chi connectivity index (χ0v) is 18.1. The van der Waals surface area contributed by atoms with Crippen LogP contribution in [0.5, 0.6) is 0 Å². The van der Waals surface area contributed by atoms with E-state index >= 15 is 0 Å². The van der Waals surface area contributed by atoms with Crippen molar-refractivity contribution in [2.24, 2.45) is 0 Å². The van der Waals surface area contributed by atoms with E-state index in [1.807, 2.05) is 0 Å². The molecule has 10 heteroatoms. The van der Waals surface area contributed by atoms with Crippen LogP contribution < -0.4 is 5.32 Å². The van der Waals surface area contributed by atoms with Gasteiger partial charge < -0.3 is 19.6 Å². The number of benzene rings is 2. The van der Waals surface area contributed by atoms with Gasteiger partial charge in [0.25, 0.3) is 0 Å². The monoisotopic (exact) mass is 455 g/mol. The van der Waals surface area contributed by atoms with Gasteiger partial charge >= 0.3 is 6.03 Å². The lowest BCUT2D eigenvalue weighted by Gasteiger charge is -2.34. The minimum absolute atomic E-state index is 0.0743. The quantitative estimate of drug-likeness (QED) is 0.634. The molecule has 4 rings (SSSR count).